The Morgan fingerprint density at radius 1 is 0.963 bits per heavy atom. The minimum atomic E-state index is 0.201. The Morgan fingerprint density at radius 3 is 2.37 bits per heavy atom. The zero-order valence-corrected chi connectivity index (χ0v) is 16.3. The second kappa shape index (κ2) is 7.69. The quantitative estimate of drug-likeness (QED) is 0.693. The van der Waals surface area contributed by atoms with E-state index in [0.717, 1.165) is 47.7 Å². The van der Waals surface area contributed by atoms with Crippen LogP contribution in [0.3, 0.4) is 0 Å². The van der Waals surface area contributed by atoms with Crippen molar-refractivity contribution >= 4 is 10.9 Å². The van der Waals surface area contributed by atoms with Crippen molar-refractivity contribution in [3.8, 4) is 0 Å². The second-order valence-electron chi connectivity index (χ2n) is 7.88. The molecule has 0 spiro atoms. The SMILES string of the molecule is Cc1c(CN2CCC(Cc3ccccc3)CC2)c(=O)c2ccccc2n1C. The van der Waals surface area contributed by atoms with Crippen LogP contribution in [0.2, 0.25) is 0 Å². The first-order valence-corrected chi connectivity index (χ1v) is 9.97. The van der Waals surface area contributed by atoms with Gasteiger partial charge in [-0.05, 0) is 62.9 Å². The fourth-order valence-corrected chi connectivity index (χ4v) is 4.37. The predicted molar refractivity (Wildman–Crippen MR) is 112 cm³/mol. The van der Waals surface area contributed by atoms with E-state index in [1.165, 1.54) is 24.8 Å². The molecule has 3 heteroatoms. The number of pyridine rings is 1. The first-order valence-electron chi connectivity index (χ1n) is 9.97. The van der Waals surface area contributed by atoms with Crippen molar-refractivity contribution in [1.82, 2.24) is 9.47 Å². The van der Waals surface area contributed by atoms with E-state index in [0.29, 0.717) is 0 Å². The monoisotopic (exact) mass is 360 g/mol. The Bertz CT molecular complexity index is 982. The van der Waals surface area contributed by atoms with Gasteiger partial charge < -0.3 is 4.57 Å². The number of nitrogens with zero attached hydrogens (tertiary/aromatic N) is 2. The van der Waals surface area contributed by atoms with Gasteiger partial charge in [0.15, 0.2) is 5.43 Å². The van der Waals surface area contributed by atoms with Gasteiger partial charge in [0.1, 0.15) is 0 Å². The lowest BCUT2D eigenvalue weighted by Gasteiger charge is -2.32. The van der Waals surface area contributed by atoms with Crippen LogP contribution >= 0.6 is 0 Å². The molecule has 0 atom stereocenters. The molecule has 140 valence electrons. The van der Waals surface area contributed by atoms with Crippen LogP contribution in [0.5, 0.6) is 0 Å². The lowest BCUT2D eigenvalue weighted by molar-refractivity contribution is 0.176. The Kier molecular flexibility index (Phi) is 5.13. The van der Waals surface area contributed by atoms with Crippen molar-refractivity contribution in [2.75, 3.05) is 13.1 Å². The van der Waals surface area contributed by atoms with Gasteiger partial charge in [-0.1, -0.05) is 42.5 Å². The predicted octanol–water partition coefficient (Wildman–Crippen LogP) is 4.30. The molecule has 0 radical (unpaired) electrons. The maximum atomic E-state index is 13.0. The summed E-state index contributed by atoms with van der Waals surface area (Å²) in [5, 5.41) is 0.833. The fraction of sp³-hybridized carbons (Fsp3) is 0.375. The number of hydrogen-bond donors (Lipinski definition) is 0. The number of aromatic nitrogens is 1. The highest BCUT2D eigenvalue weighted by atomic mass is 16.1. The van der Waals surface area contributed by atoms with Crippen LogP contribution in [-0.2, 0) is 20.0 Å². The largest absolute Gasteiger partial charge is 0.347 e. The molecule has 0 N–H and O–H groups in total. The highest BCUT2D eigenvalue weighted by Crippen LogP contribution is 2.23. The van der Waals surface area contributed by atoms with Crippen molar-refractivity contribution in [2.45, 2.75) is 32.7 Å². The molecule has 27 heavy (non-hydrogen) atoms. The van der Waals surface area contributed by atoms with Crippen LogP contribution in [0.1, 0.15) is 29.7 Å². The molecule has 1 saturated heterocycles. The van der Waals surface area contributed by atoms with E-state index in [1.807, 2.05) is 24.3 Å². The van der Waals surface area contributed by atoms with Crippen LogP contribution in [-0.4, -0.2) is 22.6 Å². The number of rotatable bonds is 4. The number of aryl methyl sites for hydroxylation is 1. The molecule has 0 bridgehead atoms. The minimum absolute atomic E-state index is 0.201. The maximum absolute atomic E-state index is 13.0. The Balaban J connectivity index is 1.47. The maximum Gasteiger partial charge on any atom is 0.194 e. The highest BCUT2D eigenvalue weighted by molar-refractivity contribution is 5.80. The minimum Gasteiger partial charge on any atom is -0.347 e. The average molecular weight is 361 g/mol. The summed E-state index contributed by atoms with van der Waals surface area (Å²) in [7, 11) is 2.06. The second-order valence-corrected chi connectivity index (χ2v) is 7.88. The number of fused-ring (bicyclic) bond motifs is 1. The third kappa shape index (κ3) is 3.70. The van der Waals surface area contributed by atoms with Gasteiger partial charge in [-0.25, -0.2) is 0 Å². The standard InChI is InChI=1S/C24H28N2O/c1-18-22(24(27)21-10-6-7-11-23(21)25(18)2)17-26-14-12-20(13-15-26)16-19-8-4-3-5-9-19/h3-11,20H,12-17H2,1-2H3. The van der Waals surface area contributed by atoms with Crippen molar-refractivity contribution in [3.63, 3.8) is 0 Å². The molecule has 0 unspecified atom stereocenters. The molecular weight excluding hydrogens is 332 g/mol. The average Bonchev–Trinajstić information content (AvgIpc) is 2.71. The highest BCUT2D eigenvalue weighted by Gasteiger charge is 2.22. The van der Waals surface area contributed by atoms with Gasteiger partial charge in [0.25, 0.3) is 0 Å². The third-order valence-electron chi connectivity index (χ3n) is 6.18. The van der Waals surface area contributed by atoms with E-state index in [2.05, 4.69) is 53.8 Å². The van der Waals surface area contributed by atoms with Gasteiger partial charge in [-0.2, -0.15) is 0 Å². The van der Waals surface area contributed by atoms with E-state index in [4.69, 9.17) is 0 Å². The summed E-state index contributed by atoms with van der Waals surface area (Å²) < 4.78 is 2.16. The Morgan fingerprint density at radius 2 is 1.63 bits per heavy atom. The lowest BCUT2D eigenvalue weighted by atomic mass is 9.90. The van der Waals surface area contributed by atoms with Gasteiger partial charge in [-0.3, -0.25) is 9.69 Å². The number of para-hydroxylation sites is 1. The Labute approximate surface area is 161 Å². The number of hydrogen-bond acceptors (Lipinski definition) is 2. The van der Waals surface area contributed by atoms with Crippen molar-refractivity contribution in [3.05, 3.63) is 81.6 Å². The molecule has 1 aromatic heterocycles. The summed E-state index contributed by atoms with van der Waals surface area (Å²) in [6, 6.07) is 18.7. The smallest absolute Gasteiger partial charge is 0.194 e. The van der Waals surface area contributed by atoms with E-state index in [9.17, 15) is 4.79 Å². The fourth-order valence-electron chi connectivity index (χ4n) is 4.37. The molecule has 3 nitrogen and oxygen atoms in total. The Hall–Kier alpha value is -2.39. The van der Waals surface area contributed by atoms with Crippen LogP contribution in [0.4, 0.5) is 0 Å². The zero-order chi connectivity index (χ0) is 18.8. The molecule has 1 aliphatic heterocycles. The molecule has 1 fully saturated rings. The number of benzene rings is 2. The first-order chi connectivity index (χ1) is 13.1. The van der Waals surface area contributed by atoms with Crippen LogP contribution in [0.25, 0.3) is 10.9 Å². The molecule has 2 aromatic carbocycles. The van der Waals surface area contributed by atoms with Crippen molar-refractivity contribution in [1.29, 1.82) is 0 Å². The van der Waals surface area contributed by atoms with Gasteiger partial charge >= 0.3 is 0 Å². The summed E-state index contributed by atoms with van der Waals surface area (Å²) in [6.45, 7) is 4.99. The summed E-state index contributed by atoms with van der Waals surface area (Å²) in [5.41, 5.74) is 4.70. The van der Waals surface area contributed by atoms with Crippen molar-refractivity contribution in [2.24, 2.45) is 13.0 Å². The lowest BCUT2D eigenvalue weighted by Crippen LogP contribution is -2.36. The summed E-state index contributed by atoms with van der Waals surface area (Å²) in [5.74, 6) is 0.754. The van der Waals surface area contributed by atoms with Crippen LogP contribution < -0.4 is 5.43 Å². The van der Waals surface area contributed by atoms with Crippen LogP contribution in [0.15, 0.2) is 59.4 Å². The molecule has 0 amide bonds. The topological polar surface area (TPSA) is 25.2 Å². The molecule has 3 aromatic rings. The normalized spacial score (nSPS) is 16.1. The zero-order valence-electron chi connectivity index (χ0n) is 16.3. The van der Waals surface area contributed by atoms with Crippen LogP contribution in [0, 0.1) is 12.8 Å². The first kappa shape index (κ1) is 18.0. The van der Waals surface area contributed by atoms with E-state index < -0.39 is 0 Å². The van der Waals surface area contributed by atoms with Crippen molar-refractivity contribution < 1.29 is 0 Å². The summed E-state index contributed by atoms with van der Waals surface area (Å²) in [6.07, 6.45) is 3.59. The van der Waals surface area contributed by atoms with E-state index in [-0.39, 0.29) is 5.43 Å². The summed E-state index contributed by atoms with van der Waals surface area (Å²) >= 11 is 0. The van der Waals surface area contributed by atoms with Gasteiger partial charge in [0.2, 0.25) is 0 Å². The molecule has 4 rings (SSSR count). The van der Waals surface area contributed by atoms with E-state index in [1.54, 1.807) is 0 Å². The number of likely N-dealkylation sites (tertiary alicyclic amines) is 1. The molecule has 0 aliphatic carbocycles. The third-order valence-corrected chi connectivity index (χ3v) is 6.18. The van der Waals surface area contributed by atoms with E-state index >= 15 is 0 Å². The molecule has 1 aliphatic rings. The molecule has 2 heterocycles. The van der Waals surface area contributed by atoms with Gasteiger partial charge in [0.05, 0.1) is 5.52 Å². The van der Waals surface area contributed by atoms with Gasteiger partial charge in [0, 0.05) is 30.2 Å². The summed E-state index contributed by atoms with van der Waals surface area (Å²) in [4.78, 5) is 15.5. The molecular formula is C24H28N2O. The number of piperidine rings is 1. The van der Waals surface area contributed by atoms with Gasteiger partial charge in [-0.15, -0.1) is 0 Å². The molecule has 0 saturated carbocycles.